The summed E-state index contributed by atoms with van der Waals surface area (Å²) in [7, 11) is 0. The lowest BCUT2D eigenvalue weighted by atomic mass is 10.1. The average molecular weight is 269 g/mol. The molecule has 76 valence electrons. The van der Waals surface area contributed by atoms with E-state index in [1.165, 1.54) is 6.07 Å². The molecule has 0 bridgehead atoms. The number of aldehydes is 1. The molecule has 5 nitrogen and oxygen atoms in total. The summed E-state index contributed by atoms with van der Waals surface area (Å²) >= 11 is 3.18. The standard InChI is InChI=1S/C9H5BrN2O3/c10-4-1-5(9(14)15)8-6(2-4)11-12-7(8)3-13/h1-3H,(H,11,12)(H,14,15). The topological polar surface area (TPSA) is 83.0 Å². The van der Waals surface area contributed by atoms with Crippen LogP contribution in [0, 0.1) is 0 Å². The number of nitrogens with zero attached hydrogens (tertiary/aromatic N) is 1. The lowest BCUT2D eigenvalue weighted by Gasteiger charge is -1.98. The van der Waals surface area contributed by atoms with Crippen LogP contribution in [0.1, 0.15) is 20.8 Å². The van der Waals surface area contributed by atoms with Crippen molar-refractivity contribution in [3.05, 3.63) is 27.9 Å². The molecule has 0 radical (unpaired) electrons. The fourth-order valence-electron chi connectivity index (χ4n) is 1.40. The lowest BCUT2D eigenvalue weighted by Crippen LogP contribution is -1.98. The van der Waals surface area contributed by atoms with Crippen LogP contribution in [0.4, 0.5) is 0 Å². The second-order valence-electron chi connectivity index (χ2n) is 2.91. The molecular formula is C9H5BrN2O3. The second kappa shape index (κ2) is 3.47. The molecule has 0 fully saturated rings. The minimum absolute atomic E-state index is 0.0511. The van der Waals surface area contributed by atoms with E-state index in [0.717, 1.165) is 0 Å². The molecule has 0 unspecified atom stereocenters. The van der Waals surface area contributed by atoms with E-state index in [1.807, 2.05) is 0 Å². The summed E-state index contributed by atoms with van der Waals surface area (Å²) in [6, 6.07) is 3.11. The van der Waals surface area contributed by atoms with Crippen LogP contribution in [-0.2, 0) is 0 Å². The van der Waals surface area contributed by atoms with Crippen molar-refractivity contribution < 1.29 is 14.7 Å². The van der Waals surface area contributed by atoms with Crippen molar-refractivity contribution in [3.8, 4) is 0 Å². The van der Waals surface area contributed by atoms with E-state index >= 15 is 0 Å². The van der Waals surface area contributed by atoms with Crippen molar-refractivity contribution >= 4 is 39.1 Å². The van der Waals surface area contributed by atoms with Gasteiger partial charge in [-0.25, -0.2) is 4.79 Å². The van der Waals surface area contributed by atoms with Crippen LogP contribution >= 0.6 is 15.9 Å². The molecule has 0 saturated carbocycles. The molecule has 2 rings (SSSR count). The van der Waals surface area contributed by atoms with Gasteiger partial charge in [-0.15, -0.1) is 0 Å². The zero-order chi connectivity index (χ0) is 11.0. The number of fused-ring (bicyclic) bond motifs is 1. The van der Waals surface area contributed by atoms with Crippen molar-refractivity contribution in [1.82, 2.24) is 10.2 Å². The summed E-state index contributed by atoms with van der Waals surface area (Å²) in [5.74, 6) is -1.09. The predicted molar refractivity (Wildman–Crippen MR) is 56.1 cm³/mol. The van der Waals surface area contributed by atoms with E-state index < -0.39 is 5.97 Å². The van der Waals surface area contributed by atoms with E-state index in [0.29, 0.717) is 21.7 Å². The molecule has 0 aliphatic rings. The van der Waals surface area contributed by atoms with Crippen LogP contribution in [0.5, 0.6) is 0 Å². The number of carbonyl (C=O) groups is 2. The molecule has 0 aliphatic carbocycles. The number of carboxylic acids is 1. The van der Waals surface area contributed by atoms with Crippen LogP contribution in [0.15, 0.2) is 16.6 Å². The van der Waals surface area contributed by atoms with Crippen molar-refractivity contribution in [2.75, 3.05) is 0 Å². The third-order valence-electron chi connectivity index (χ3n) is 2.00. The van der Waals surface area contributed by atoms with Crippen LogP contribution in [-0.4, -0.2) is 27.6 Å². The molecule has 2 N–H and O–H groups in total. The average Bonchev–Trinajstić information content (AvgIpc) is 2.58. The molecule has 1 aromatic carbocycles. The number of aromatic carboxylic acids is 1. The Morgan fingerprint density at radius 3 is 2.87 bits per heavy atom. The van der Waals surface area contributed by atoms with Gasteiger partial charge in [0.1, 0.15) is 5.69 Å². The number of aromatic nitrogens is 2. The monoisotopic (exact) mass is 268 g/mol. The normalized spacial score (nSPS) is 10.5. The highest BCUT2D eigenvalue weighted by Crippen LogP contribution is 2.24. The molecule has 6 heteroatoms. The first-order chi connectivity index (χ1) is 7.13. The minimum Gasteiger partial charge on any atom is -0.478 e. The minimum atomic E-state index is -1.09. The van der Waals surface area contributed by atoms with Crippen molar-refractivity contribution in [2.24, 2.45) is 0 Å². The highest BCUT2D eigenvalue weighted by Gasteiger charge is 2.15. The molecule has 0 aliphatic heterocycles. The van der Waals surface area contributed by atoms with Gasteiger partial charge in [0.05, 0.1) is 11.1 Å². The van der Waals surface area contributed by atoms with Gasteiger partial charge in [-0.2, -0.15) is 5.10 Å². The van der Waals surface area contributed by atoms with E-state index in [9.17, 15) is 9.59 Å². The van der Waals surface area contributed by atoms with Gasteiger partial charge in [0.25, 0.3) is 0 Å². The van der Waals surface area contributed by atoms with Crippen molar-refractivity contribution in [1.29, 1.82) is 0 Å². The molecule has 0 atom stereocenters. The van der Waals surface area contributed by atoms with E-state index in [2.05, 4.69) is 26.1 Å². The highest BCUT2D eigenvalue weighted by molar-refractivity contribution is 9.10. The van der Waals surface area contributed by atoms with Gasteiger partial charge in [0.2, 0.25) is 0 Å². The molecule has 1 heterocycles. The summed E-state index contributed by atoms with van der Waals surface area (Å²) in [6.07, 6.45) is 0.527. The summed E-state index contributed by atoms with van der Waals surface area (Å²) in [5.41, 5.74) is 0.675. The quantitative estimate of drug-likeness (QED) is 0.815. The molecule has 2 aromatic rings. The maximum absolute atomic E-state index is 11.0. The van der Waals surface area contributed by atoms with E-state index in [4.69, 9.17) is 5.11 Å². The lowest BCUT2D eigenvalue weighted by molar-refractivity contribution is 0.0699. The van der Waals surface area contributed by atoms with Crippen LogP contribution in [0.25, 0.3) is 10.9 Å². The number of hydrogen-bond donors (Lipinski definition) is 2. The maximum Gasteiger partial charge on any atom is 0.336 e. The number of hydrogen-bond acceptors (Lipinski definition) is 3. The van der Waals surface area contributed by atoms with Gasteiger partial charge >= 0.3 is 5.97 Å². The van der Waals surface area contributed by atoms with Gasteiger partial charge < -0.3 is 5.11 Å². The second-order valence-corrected chi connectivity index (χ2v) is 3.82. The molecule has 0 amide bonds. The Kier molecular flexibility index (Phi) is 2.28. The molecule has 15 heavy (non-hydrogen) atoms. The number of aromatic amines is 1. The van der Waals surface area contributed by atoms with Crippen molar-refractivity contribution in [3.63, 3.8) is 0 Å². The highest BCUT2D eigenvalue weighted by atomic mass is 79.9. The van der Waals surface area contributed by atoms with Crippen molar-refractivity contribution in [2.45, 2.75) is 0 Å². The Labute approximate surface area is 92.2 Å². The van der Waals surface area contributed by atoms with E-state index in [1.54, 1.807) is 6.07 Å². The number of halogens is 1. The number of rotatable bonds is 2. The first-order valence-corrected chi connectivity index (χ1v) is 4.79. The summed E-state index contributed by atoms with van der Waals surface area (Å²) < 4.78 is 0.619. The van der Waals surface area contributed by atoms with Gasteiger partial charge in [-0.3, -0.25) is 9.89 Å². The first kappa shape index (κ1) is 9.85. The Balaban J connectivity index is 2.91. The SMILES string of the molecule is O=Cc1n[nH]c2cc(Br)cc(C(=O)O)c12. The summed E-state index contributed by atoms with van der Waals surface area (Å²) in [4.78, 5) is 21.6. The Morgan fingerprint density at radius 2 is 2.27 bits per heavy atom. The summed E-state index contributed by atoms with van der Waals surface area (Å²) in [5, 5.41) is 15.6. The molecule has 0 saturated heterocycles. The fourth-order valence-corrected chi connectivity index (χ4v) is 1.86. The fraction of sp³-hybridized carbons (Fsp3) is 0. The van der Waals surface area contributed by atoms with Crippen LogP contribution < -0.4 is 0 Å². The number of H-pyrrole nitrogens is 1. The van der Waals surface area contributed by atoms with Gasteiger partial charge in [-0.1, -0.05) is 15.9 Å². The third kappa shape index (κ3) is 1.52. The Hall–Kier alpha value is -1.69. The van der Waals surface area contributed by atoms with Gasteiger partial charge in [0.15, 0.2) is 6.29 Å². The molecule has 0 spiro atoms. The molecule has 1 aromatic heterocycles. The third-order valence-corrected chi connectivity index (χ3v) is 2.46. The number of benzene rings is 1. The summed E-state index contributed by atoms with van der Waals surface area (Å²) in [6.45, 7) is 0. The Bertz CT molecular complexity index is 562. The largest absolute Gasteiger partial charge is 0.478 e. The maximum atomic E-state index is 11.0. The molecular weight excluding hydrogens is 264 g/mol. The smallest absolute Gasteiger partial charge is 0.336 e. The number of carbonyl (C=O) groups excluding carboxylic acids is 1. The van der Waals surface area contributed by atoms with Crippen LogP contribution in [0.3, 0.4) is 0 Å². The number of nitrogens with one attached hydrogen (secondary N) is 1. The first-order valence-electron chi connectivity index (χ1n) is 3.99. The van der Waals surface area contributed by atoms with Gasteiger partial charge in [-0.05, 0) is 12.1 Å². The number of carboxylic acid groups (broad SMARTS) is 1. The predicted octanol–water partition coefficient (Wildman–Crippen LogP) is 1.84. The van der Waals surface area contributed by atoms with Crippen LogP contribution in [0.2, 0.25) is 0 Å². The Morgan fingerprint density at radius 1 is 1.53 bits per heavy atom. The zero-order valence-electron chi connectivity index (χ0n) is 7.32. The van der Waals surface area contributed by atoms with E-state index in [-0.39, 0.29) is 11.3 Å². The zero-order valence-corrected chi connectivity index (χ0v) is 8.91. The van der Waals surface area contributed by atoms with Gasteiger partial charge in [0, 0.05) is 9.86 Å².